The van der Waals surface area contributed by atoms with Crippen molar-refractivity contribution >= 4 is 11.8 Å². The van der Waals surface area contributed by atoms with Crippen LogP contribution in [0.5, 0.6) is 5.75 Å². The molecule has 1 heterocycles. The fraction of sp³-hybridized carbons (Fsp3) is 0.267. The summed E-state index contributed by atoms with van der Waals surface area (Å²) in [5, 5.41) is 9.36. The molecule has 0 aliphatic rings. The Bertz CT molecular complexity index is 640. The molecule has 104 valence electrons. The molecular weight excluding hydrogens is 274 g/mol. The third-order valence-corrected chi connectivity index (χ3v) is 3.43. The molecule has 1 aromatic heterocycles. The van der Waals surface area contributed by atoms with Crippen molar-refractivity contribution in [3.8, 4) is 17.6 Å². The fourth-order valence-corrected chi connectivity index (χ4v) is 2.48. The number of methoxy groups -OCH3 is 1. The van der Waals surface area contributed by atoms with E-state index >= 15 is 0 Å². The highest BCUT2D eigenvalue weighted by Crippen LogP contribution is 2.28. The van der Waals surface area contributed by atoms with Gasteiger partial charge in [-0.3, -0.25) is 0 Å². The van der Waals surface area contributed by atoms with Gasteiger partial charge in [0, 0.05) is 16.9 Å². The van der Waals surface area contributed by atoms with Gasteiger partial charge < -0.3 is 14.3 Å². The molecule has 20 heavy (non-hydrogen) atoms. The van der Waals surface area contributed by atoms with Crippen LogP contribution in [0.1, 0.15) is 16.8 Å². The van der Waals surface area contributed by atoms with Crippen LogP contribution in [-0.2, 0) is 5.75 Å². The van der Waals surface area contributed by atoms with Gasteiger partial charge in [-0.15, -0.1) is 0 Å². The van der Waals surface area contributed by atoms with Crippen LogP contribution in [0.2, 0.25) is 0 Å². The number of aliphatic hydroxyl groups is 1. The fourth-order valence-electron chi connectivity index (χ4n) is 1.65. The van der Waals surface area contributed by atoms with Crippen molar-refractivity contribution in [2.24, 2.45) is 0 Å². The number of aliphatic hydroxyl groups excluding tert-OH is 1. The highest BCUT2D eigenvalue weighted by Gasteiger charge is 2.07. The van der Waals surface area contributed by atoms with E-state index < -0.39 is 0 Å². The molecule has 0 saturated carbocycles. The molecule has 0 atom stereocenters. The van der Waals surface area contributed by atoms with Gasteiger partial charge in [0.05, 0.1) is 12.8 Å². The molecule has 5 heteroatoms. The Hall–Kier alpha value is -1.90. The number of ether oxygens (including phenoxy) is 1. The van der Waals surface area contributed by atoms with Crippen LogP contribution in [-0.4, -0.2) is 23.8 Å². The van der Waals surface area contributed by atoms with Crippen molar-refractivity contribution in [2.75, 3.05) is 13.7 Å². The van der Waals surface area contributed by atoms with Crippen LogP contribution in [0, 0.1) is 18.8 Å². The van der Waals surface area contributed by atoms with E-state index in [1.54, 1.807) is 13.4 Å². The Balaban J connectivity index is 2.15. The van der Waals surface area contributed by atoms with Crippen LogP contribution >= 0.6 is 11.8 Å². The zero-order valence-electron chi connectivity index (χ0n) is 11.3. The van der Waals surface area contributed by atoms with Crippen molar-refractivity contribution < 1.29 is 14.3 Å². The first-order valence-electron chi connectivity index (χ1n) is 6.04. The average molecular weight is 289 g/mol. The first kappa shape index (κ1) is 14.5. The molecule has 0 fully saturated rings. The second kappa shape index (κ2) is 7.04. The lowest BCUT2D eigenvalue weighted by molar-refractivity contribution is 0.350. The quantitative estimate of drug-likeness (QED) is 0.692. The van der Waals surface area contributed by atoms with Crippen LogP contribution in [0.15, 0.2) is 34.1 Å². The van der Waals surface area contributed by atoms with Gasteiger partial charge in [-0.1, -0.05) is 23.6 Å². The number of hydrogen-bond donors (Lipinski definition) is 1. The van der Waals surface area contributed by atoms with E-state index in [-0.39, 0.29) is 6.61 Å². The van der Waals surface area contributed by atoms with E-state index in [2.05, 4.69) is 16.8 Å². The Kier molecular flexibility index (Phi) is 5.10. The first-order chi connectivity index (χ1) is 9.72. The third kappa shape index (κ3) is 3.80. The normalized spacial score (nSPS) is 9.95. The topological polar surface area (TPSA) is 55.5 Å². The SMILES string of the molecule is COc1ccc(C#CCO)cc1CSc1nc(C)co1. The lowest BCUT2D eigenvalue weighted by Gasteiger charge is -2.07. The predicted molar refractivity (Wildman–Crippen MR) is 77.8 cm³/mol. The number of hydrogen-bond acceptors (Lipinski definition) is 5. The second-order valence-electron chi connectivity index (χ2n) is 4.03. The van der Waals surface area contributed by atoms with Gasteiger partial charge in [0.2, 0.25) is 0 Å². The molecular formula is C15H15NO3S. The smallest absolute Gasteiger partial charge is 0.256 e. The number of benzene rings is 1. The lowest BCUT2D eigenvalue weighted by Crippen LogP contribution is -1.92. The minimum absolute atomic E-state index is 0.147. The van der Waals surface area contributed by atoms with Gasteiger partial charge in [-0.2, -0.15) is 0 Å². The third-order valence-electron chi connectivity index (χ3n) is 2.54. The van der Waals surface area contributed by atoms with Gasteiger partial charge in [-0.25, -0.2) is 4.98 Å². The van der Waals surface area contributed by atoms with E-state index in [1.165, 1.54) is 11.8 Å². The molecule has 0 radical (unpaired) electrons. The predicted octanol–water partition coefficient (Wildman–Crippen LogP) is 2.63. The van der Waals surface area contributed by atoms with Crippen molar-refractivity contribution in [3.05, 3.63) is 41.3 Å². The molecule has 1 N–H and O–H groups in total. The molecule has 0 unspecified atom stereocenters. The molecule has 0 saturated heterocycles. The van der Waals surface area contributed by atoms with E-state index in [4.69, 9.17) is 14.3 Å². The Labute approximate surface area is 122 Å². The van der Waals surface area contributed by atoms with Crippen molar-refractivity contribution in [2.45, 2.75) is 17.9 Å². The Morgan fingerprint density at radius 3 is 2.95 bits per heavy atom. The number of oxazole rings is 1. The Morgan fingerprint density at radius 2 is 2.30 bits per heavy atom. The van der Waals surface area contributed by atoms with Crippen LogP contribution < -0.4 is 4.74 Å². The summed E-state index contributed by atoms with van der Waals surface area (Å²) >= 11 is 1.50. The van der Waals surface area contributed by atoms with Crippen molar-refractivity contribution in [3.63, 3.8) is 0 Å². The monoisotopic (exact) mass is 289 g/mol. The minimum atomic E-state index is -0.147. The number of aryl methyl sites for hydroxylation is 1. The average Bonchev–Trinajstić information content (AvgIpc) is 2.88. The molecule has 0 aliphatic carbocycles. The molecule has 0 spiro atoms. The second-order valence-corrected chi connectivity index (χ2v) is 4.96. The summed E-state index contributed by atoms with van der Waals surface area (Å²) in [5.41, 5.74) is 2.72. The maximum absolute atomic E-state index is 8.73. The maximum atomic E-state index is 8.73. The standard InChI is InChI=1S/C15H15NO3S/c1-11-9-19-15(16-11)20-10-13-8-12(4-3-7-17)5-6-14(13)18-2/h5-6,8-9,17H,7,10H2,1-2H3. The molecule has 0 aliphatic heterocycles. The summed E-state index contributed by atoms with van der Waals surface area (Å²) in [4.78, 5) is 4.25. The number of nitrogens with zero attached hydrogens (tertiary/aromatic N) is 1. The van der Waals surface area contributed by atoms with Gasteiger partial charge in [0.1, 0.15) is 18.6 Å². The zero-order chi connectivity index (χ0) is 14.4. The maximum Gasteiger partial charge on any atom is 0.256 e. The summed E-state index contributed by atoms with van der Waals surface area (Å²) in [6, 6.07) is 5.69. The summed E-state index contributed by atoms with van der Waals surface area (Å²) < 4.78 is 10.6. The molecule has 0 amide bonds. The first-order valence-corrected chi connectivity index (χ1v) is 7.03. The number of aromatic nitrogens is 1. The molecule has 4 nitrogen and oxygen atoms in total. The highest BCUT2D eigenvalue weighted by molar-refractivity contribution is 7.98. The van der Waals surface area contributed by atoms with E-state index in [0.29, 0.717) is 11.0 Å². The van der Waals surface area contributed by atoms with Crippen LogP contribution in [0.25, 0.3) is 0 Å². The van der Waals surface area contributed by atoms with E-state index in [9.17, 15) is 0 Å². The molecule has 2 rings (SSSR count). The summed E-state index contributed by atoms with van der Waals surface area (Å²) in [7, 11) is 1.64. The Morgan fingerprint density at radius 1 is 1.45 bits per heavy atom. The van der Waals surface area contributed by atoms with Gasteiger partial charge in [-0.05, 0) is 25.1 Å². The van der Waals surface area contributed by atoms with Gasteiger partial charge >= 0.3 is 0 Å². The lowest BCUT2D eigenvalue weighted by atomic mass is 10.1. The van der Waals surface area contributed by atoms with E-state index in [1.807, 2.05) is 25.1 Å². The van der Waals surface area contributed by atoms with Crippen LogP contribution in [0.4, 0.5) is 0 Å². The van der Waals surface area contributed by atoms with Crippen molar-refractivity contribution in [1.29, 1.82) is 0 Å². The molecule has 1 aromatic carbocycles. The van der Waals surface area contributed by atoms with E-state index in [0.717, 1.165) is 22.6 Å². The molecule has 0 bridgehead atoms. The van der Waals surface area contributed by atoms with Gasteiger partial charge in [0.15, 0.2) is 0 Å². The number of thioether (sulfide) groups is 1. The summed E-state index contributed by atoms with van der Waals surface area (Å²) in [6.45, 7) is 1.74. The largest absolute Gasteiger partial charge is 0.496 e. The molecule has 2 aromatic rings. The van der Waals surface area contributed by atoms with Crippen LogP contribution in [0.3, 0.4) is 0 Å². The summed E-state index contributed by atoms with van der Waals surface area (Å²) in [6.07, 6.45) is 1.63. The van der Waals surface area contributed by atoms with Crippen molar-refractivity contribution in [1.82, 2.24) is 4.98 Å². The minimum Gasteiger partial charge on any atom is -0.496 e. The number of rotatable bonds is 4. The highest BCUT2D eigenvalue weighted by atomic mass is 32.2. The van der Waals surface area contributed by atoms with Gasteiger partial charge in [0.25, 0.3) is 5.22 Å². The zero-order valence-corrected chi connectivity index (χ0v) is 12.2. The summed E-state index contributed by atoms with van der Waals surface area (Å²) in [5.74, 6) is 7.00.